The number of phosphoric acid groups is 1. The first-order chi connectivity index (χ1) is 24.8. The summed E-state index contributed by atoms with van der Waals surface area (Å²) >= 11 is 0. The van der Waals surface area contributed by atoms with Gasteiger partial charge in [-0.1, -0.05) is 140 Å². The van der Waals surface area contributed by atoms with Crippen molar-refractivity contribution in [3.63, 3.8) is 0 Å². The van der Waals surface area contributed by atoms with Crippen LogP contribution in [0.2, 0.25) is 0 Å². The summed E-state index contributed by atoms with van der Waals surface area (Å²) in [6.45, 7) is 3.62. The smallest absolute Gasteiger partial charge is 0.462 e. The van der Waals surface area contributed by atoms with Crippen LogP contribution >= 0.6 is 7.82 Å². The number of ether oxygens (including phenoxy) is 3. The first-order valence-corrected chi connectivity index (χ1v) is 21.6. The molecule has 4 atom stereocenters. The number of rotatable bonds is 36. The highest BCUT2D eigenvalue weighted by atomic mass is 31.2. The summed E-state index contributed by atoms with van der Waals surface area (Å²) in [5.74, 6) is -0.899. The van der Waals surface area contributed by atoms with Crippen molar-refractivity contribution in [3.05, 3.63) is 36.5 Å². The van der Waals surface area contributed by atoms with Crippen molar-refractivity contribution in [1.29, 1.82) is 0 Å². The van der Waals surface area contributed by atoms with Crippen LogP contribution < -0.4 is 5.73 Å². The lowest BCUT2D eigenvalue weighted by atomic mass is 10.0. The average Bonchev–Trinajstić information content (AvgIpc) is 3.87. The monoisotopic (exact) mass is 741 g/mol. The van der Waals surface area contributed by atoms with E-state index in [0.29, 0.717) is 25.0 Å². The summed E-state index contributed by atoms with van der Waals surface area (Å²) in [5, 5.41) is 0. The summed E-state index contributed by atoms with van der Waals surface area (Å²) in [5.41, 5.74) is 5.33. The van der Waals surface area contributed by atoms with Gasteiger partial charge in [-0.05, 0) is 44.9 Å². The van der Waals surface area contributed by atoms with E-state index in [1.54, 1.807) is 0 Å². The Balaban J connectivity index is 2.23. The maximum absolute atomic E-state index is 12.5. The fraction of sp³-hybridized carbons (Fsp3) is 0.800. The summed E-state index contributed by atoms with van der Waals surface area (Å²) in [7, 11) is -4.38. The van der Waals surface area contributed by atoms with Gasteiger partial charge in [0.05, 0.1) is 25.4 Å². The molecular formula is C40H72NO9P. The fourth-order valence-electron chi connectivity index (χ4n) is 5.60. The van der Waals surface area contributed by atoms with Crippen LogP contribution in [0.3, 0.4) is 0 Å². The van der Waals surface area contributed by atoms with E-state index >= 15 is 0 Å². The average molecular weight is 742 g/mol. The molecule has 0 radical (unpaired) electrons. The molecule has 3 unspecified atom stereocenters. The van der Waals surface area contributed by atoms with Gasteiger partial charge in [-0.3, -0.25) is 18.6 Å². The van der Waals surface area contributed by atoms with Gasteiger partial charge in [0.25, 0.3) is 0 Å². The molecule has 1 rings (SSSR count). The van der Waals surface area contributed by atoms with E-state index in [0.717, 1.165) is 44.9 Å². The number of nitrogens with two attached hydrogens (primary N) is 1. The van der Waals surface area contributed by atoms with Crippen molar-refractivity contribution in [2.45, 2.75) is 180 Å². The van der Waals surface area contributed by atoms with Gasteiger partial charge in [0.15, 0.2) is 6.10 Å². The van der Waals surface area contributed by atoms with Gasteiger partial charge >= 0.3 is 19.8 Å². The lowest BCUT2D eigenvalue weighted by Gasteiger charge is -2.19. The molecule has 10 nitrogen and oxygen atoms in total. The van der Waals surface area contributed by atoms with Gasteiger partial charge in [0.1, 0.15) is 6.61 Å². The third-order valence-corrected chi connectivity index (χ3v) is 9.69. The number of hydrogen-bond acceptors (Lipinski definition) is 9. The topological polar surface area (TPSA) is 147 Å². The van der Waals surface area contributed by atoms with E-state index in [1.807, 2.05) is 6.08 Å². The number of carbonyl (C=O) groups excluding carboxylic acids is 2. The molecule has 0 aromatic carbocycles. The molecule has 296 valence electrons. The molecule has 1 fully saturated rings. The Morgan fingerprint density at radius 3 is 1.92 bits per heavy atom. The van der Waals surface area contributed by atoms with Gasteiger partial charge in [0.2, 0.25) is 0 Å². The minimum atomic E-state index is -4.38. The largest absolute Gasteiger partial charge is 0.472 e. The lowest BCUT2D eigenvalue weighted by molar-refractivity contribution is -0.161. The molecule has 1 saturated heterocycles. The Morgan fingerprint density at radius 1 is 0.706 bits per heavy atom. The zero-order valence-electron chi connectivity index (χ0n) is 32.0. The number of hydrogen-bond donors (Lipinski definition) is 2. The Bertz CT molecular complexity index is 1000. The van der Waals surface area contributed by atoms with Crippen molar-refractivity contribution >= 4 is 19.8 Å². The van der Waals surface area contributed by atoms with Crippen molar-refractivity contribution in [2.24, 2.45) is 5.73 Å². The molecule has 0 saturated carbocycles. The zero-order chi connectivity index (χ0) is 37.3. The number of epoxide rings is 1. The van der Waals surface area contributed by atoms with Crippen LogP contribution in [0.15, 0.2) is 36.5 Å². The highest BCUT2D eigenvalue weighted by Crippen LogP contribution is 2.43. The molecule has 0 aromatic heterocycles. The first-order valence-electron chi connectivity index (χ1n) is 20.1. The minimum Gasteiger partial charge on any atom is -0.462 e. The van der Waals surface area contributed by atoms with Gasteiger partial charge < -0.3 is 24.8 Å². The maximum Gasteiger partial charge on any atom is 0.472 e. The normalized spacial score (nSPS) is 17.7. The Kier molecular flexibility index (Phi) is 30.4. The first kappa shape index (κ1) is 47.2. The van der Waals surface area contributed by atoms with E-state index in [4.69, 9.17) is 29.0 Å². The van der Waals surface area contributed by atoms with Gasteiger partial charge in [0, 0.05) is 19.4 Å². The second-order valence-electron chi connectivity index (χ2n) is 13.5. The zero-order valence-corrected chi connectivity index (χ0v) is 32.9. The molecule has 0 spiro atoms. The predicted octanol–water partition coefficient (Wildman–Crippen LogP) is 9.98. The lowest BCUT2D eigenvalue weighted by Crippen LogP contribution is -2.29. The molecule has 3 N–H and O–H groups in total. The van der Waals surface area contributed by atoms with Crippen LogP contribution in [0.1, 0.15) is 162 Å². The molecule has 0 aromatic rings. The number of carbonyl (C=O) groups is 2. The summed E-state index contributed by atoms with van der Waals surface area (Å²) in [4.78, 5) is 34.7. The van der Waals surface area contributed by atoms with Crippen LogP contribution in [-0.2, 0) is 37.4 Å². The van der Waals surface area contributed by atoms with E-state index in [-0.39, 0.29) is 32.6 Å². The van der Waals surface area contributed by atoms with E-state index in [9.17, 15) is 19.0 Å². The van der Waals surface area contributed by atoms with Crippen LogP contribution in [0, 0.1) is 0 Å². The molecule has 0 aliphatic carbocycles. The molecule has 1 aliphatic rings. The van der Waals surface area contributed by atoms with Crippen LogP contribution in [0.5, 0.6) is 0 Å². The van der Waals surface area contributed by atoms with Gasteiger partial charge in [-0.25, -0.2) is 4.57 Å². The molecule has 11 heteroatoms. The number of phosphoric ester groups is 1. The van der Waals surface area contributed by atoms with Crippen molar-refractivity contribution in [1.82, 2.24) is 0 Å². The van der Waals surface area contributed by atoms with E-state index in [1.165, 1.54) is 77.0 Å². The van der Waals surface area contributed by atoms with Crippen LogP contribution in [-0.4, -0.2) is 61.5 Å². The molecule has 0 bridgehead atoms. The Hall–Kier alpha value is -1.81. The second-order valence-corrected chi connectivity index (χ2v) is 15.0. The number of esters is 2. The molecule has 0 amide bonds. The van der Waals surface area contributed by atoms with Gasteiger partial charge in [-0.2, -0.15) is 0 Å². The quantitative estimate of drug-likeness (QED) is 0.0209. The standard InChI is InChI=1S/C40H72NO9P/c1-3-5-7-8-9-10-11-12-17-20-23-27-31-40(43)49-36(35-48-51(44,45)47-33-32-41)34-46-39(42)30-26-22-19-16-14-13-15-18-21-25-29-38-37(50-38)28-24-6-4-2/h13,15-16,19,21,25,36-38H,3-12,14,17-18,20,22-24,26-35,41H2,1-2H3,(H,44,45)/b15-13-,19-16-,25-21-/t36-,37?,38?/m1/s1. The van der Waals surface area contributed by atoms with Crippen molar-refractivity contribution in [3.8, 4) is 0 Å². The highest BCUT2D eigenvalue weighted by molar-refractivity contribution is 7.47. The van der Waals surface area contributed by atoms with Crippen LogP contribution in [0.25, 0.3) is 0 Å². The van der Waals surface area contributed by atoms with Gasteiger partial charge in [-0.15, -0.1) is 0 Å². The summed E-state index contributed by atoms with van der Waals surface area (Å²) in [6, 6.07) is 0. The Labute approximate surface area is 309 Å². The third kappa shape index (κ3) is 30.4. The number of allylic oxidation sites excluding steroid dienone is 5. The minimum absolute atomic E-state index is 0.0446. The second kappa shape index (κ2) is 32.8. The number of unbranched alkanes of at least 4 members (excludes halogenated alkanes) is 14. The van der Waals surface area contributed by atoms with Crippen molar-refractivity contribution in [2.75, 3.05) is 26.4 Å². The molecule has 51 heavy (non-hydrogen) atoms. The SMILES string of the molecule is CCCCCCCCCCCCCCC(=O)O[C@H](COC(=O)CCC/C=C\C/C=C\C/C=C\CC1OC1CCCCC)COP(=O)(O)OCCN. The molecular weight excluding hydrogens is 669 g/mol. The highest BCUT2D eigenvalue weighted by Gasteiger charge is 2.36. The fourth-order valence-corrected chi connectivity index (χ4v) is 6.37. The predicted molar refractivity (Wildman–Crippen MR) is 205 cm³/mol. The van der Waals surface area contributed by atoms with E-state index in [2.05, 4.69) is 44.2 Å². The third-order valence-electron chi connectivity index (χ3n) is 8.70. The molecule has 1 aliphatic heterocycles. The Morgan fingerprint density at radius 2 is 1.27 bits per heavy atom. The van der Waals surface area contributed by atoms with E-state index < -0.39 is 32.5 Å². The summed E-state index contributed by atoms with van der Waals surface area (Å²) in [6.07, 6.45) is 36.4. The molecule has 1 heterocycles. The van der Waals surface area contributed by atoms with Crippen LogP contribution in [0.4, 0.5) is 0 Å². The van der Waals surface area contributed by atoms with Crippen molar-refractivity contribution < 1.29 is 42.3 Å². The summed E-state index contributed by atoms with van der Waals surface area (Å²) < 4.78 is 38.3. The maximum atomic E-state index is 12.5.